The molecule has 0 saturated carbocycles. The predicted molar refractivity (Wildman–Crippen MR) is 66.4 cm³/mol. The van der Waals surface area contributed by atoms with Gasteiger partial charge in [0.1, 0.15) is 0 Å². The summed E-state index contributed by atoms with van der Waals surface area (Å²) in [5.41, 5.74) is 5.47. The second-order valence-electron chi connectivity index (χ2n) is 4.30. The first-order valence-electron chi connectivity index (χ1n) is 5.20. The molecule has 0 atom stereocenters. The van der Waals surface area contributed by atoms with Crippen molar-refractivity contribution in [2.24, 2.45) is 0 Å². The molecule has 0 radical (unpaired) electrons. The van der Waals surface area contributed by atoms with Gasteiger partial charge >= 0.3 is 101 Å². The third-order valence-corrected chi connectivity index (χ3v) is 3.13. The van der Waals surface area contributed by atoms with Gasteiger partial charge in [-0.3, -0.25) is 0 Å². The number of allylic oxidation sites excluding steroid dienone is 6. The van der Waals surface area contributed by atoms with Crippen LogP contribution in [0.1, 0.15) is 41.5 Å². The molecule has 0 saturated heterocycles. The maximum atomic E-state index is 2.32. The fourth-order valence-corrected chi connectivity index (χ4v) is 2.22. The van der Waals surface area contributed by atoms with Crippen LogP contribution in [0.25, 0.3) is 0 Å². The fraction of sp³-hybridized carbons (Fsp3) is 0.429. The standard InChI is InChI=1S/2C7H11.Cr/c2*1-6(2)5-7(3)4;/h2*1,5H,2-4H3;. The van der Waals surface area contributed by atoms with Crippen LogP contribution in [0.4, 0.5) is 0 Å². The summed E-state index contributed by atoms with van der Waals surface area (Å²) in [6.07, 6.45) is 4.46. The normalized spacial score (nSPS) is 12.4. The molecule has 0 aromatic carbocycles. The van der Waals surface area contributed by atoms with E-state index in [-0.39, 0.29) is 0 Å². The number of hydrogen-bond donors (Lipinski definition) is 0. The molecule has 0 unspecified atom stereocenters. The molecule has 0 N–H and O–H groups in total. The summed E-state index contributed by atoms with van der Waals surface area (Å²) in [5.74, 6) is 0. The molecule has 0 aliphatic heterocycles. The Morgan fingerprint density at radius 2 is 1.00 bits per heavy atom. The SMILES string of the molecule is CC(C)=C/C(C)=[CH]\[Cr]/[CH]=C(/C)C=C(C)C. The molecule has 84 valence electrons. The molecular weight excluding hydrogens is 220 g/mol. The van der Waals surface area contributed by atoms with Gasteiger partial charge in [0.15, 0.2) is 0 Å². The number of hydrogen-bond acceptors (Lipinski definition) is 0. The zero-order valence-corrected chi connectivity index (χ0v) is 12.0. The molecule has 0 bridgehead atoms. The van der Waals surface area contributed by atoms with E-state index in [0.717, 1.165) is 0 Å². The molecular formula is C14H22Cr. The van der Waals surface area contributed by atoms with Crippen molar-refractivity contribution in [2.75, 3.05) is 0 Å². The van der Waals surface area contributed by atoms with Crippen molar-refractivity contribution >= 4 is 0 Å². The molecule has 0 aliphatic carbocycles. The second-order valence-corrected chi connectivity index (χ2v) is 5.46. The Balaban J connectivity index is 4.29. The topological polar surface area (TPSA) is 0 Å². The Hall–Kier alpha value is -0.508. The summed E-state index contributed by atoms with van der Waals surface area (Å²) in [4.78, 5) is 4.64. The molecule has 15 heavy (non-hydrogen) atoms. The van der Waals surface area contributed by atoms with Gasteiger partial charge in [0, 0.05) is 0 Å². The Bertz CT molecular complexity index is 274. The van der Waals surface area contributed by atoms with Crippen LogP contribution in [-0.4, -0.2) is 0 Å². The summed E-state index contributed by atoms with van der Waals surface area (Å²) in [7, 11) is 0. The molecule has 0 amide bonds. The van der Waals surface area contributed by atoms with Crippen molar-refractivity contribution in [1.82, 2.24) is 0 Å². The molecule has 1 heteroatoms. The van der Waals surface area contributed by atoms with Crippen LogP contribution in [0, 0.1) is 0 Å². The Morgan fingerprint density at radius 1 is 0.667 bits per heavy atom. The van der Waals surface area contributed by atoms with Crippen molar-refractivity contribution < 1.29 is 15.2 Å². The van der Waals surface area contributed by atoms with Crippen molar-refractivity contribution in [2.45, 2.75) is 41.5 Å². The number of rotatable bonds is 4. The van der Waals surface area contributed by atoms with E-state index in [0.29, 0.717) is 15.2 Å². The van der Waals surface area contributed by atoms with Crippen molar-refractivity contribution in [3.05, 3.63) is 44.3 Å². The van der Waals surface area contributed by atoms with Crippen LogP contribution in [-0.2, 0) is 15.2 Å². The van der Waals surface area contributed by atoms with Crippen LogP contribution in [0.2, 0.25) is 0 Å². The maximum absolute atomic E-state index is 2.32. The Kier molecular flexibility index (Phi) is 7.48. The van der Waals surface area contributed by atoms with Gasteiger partial charge < -0.3 is 0 Å². The molecule has 0 aromatic heterocycles. The minimum absolute atomic E-state index is 0.478. The fourth-order valence-electron chi connectivity index (χ4n) is 1.23. The van der Waals surface area contributed by atoms with E-state index in [1.54, 1.807) is 0 Å². The third kappa shape index (κ3) is 9.79. The van der Waals surface area contributed by atoms with E-state index in [2.05, 4.69) is 63.6 Å². The Labute approximate surface area is 101 Å². The van der Waals surface area contributed by atoms with E-state index >= 15 is 0 Å². The summed E-state index contributed by atoms with van der Waals surface area (Å²) >= 11 is 0.478. The predicted octanol–water partition coefficient (Wildman–Crippen LogP) is 4.81. The van der Waals surface area contributed by atoms with Crippen LogP contribution in [0.3, 0.4) is 0 Å². The van der Waals surface area contributed by atoms with Gasteiger partial charge in [0.2, 0.25) is 0 Å². The van der Waals surface area contributed by atoms with Crippen LogP contribution >= 0.6 is 0 Å². The van der Waals surface area contributed by atoms with Gasteiger partial charge in [-0.2, -0.15) is 0 Å². The molecule has 0 heterocycles. The van der Waals surface area contributed by atoms with E-state index in [9.17, 15) is 0 Å². The van der Waals surface area contributed by atoms with E-state index in [1.165, 1.54) is 22.3 Å². The average Bonchev–Trinajstić information content (AvgIpc) is 2.00. The van der Waals surface area contributed by atoms with E-state index in [1.807, 2.05) is 0 Å². The van der Waals surface area contributed by atoms with Gasteiger partial charge in [-0.15, -0.1) is 0 Å². The van der Waals surface area contributed by atoms with Crippen molar-refractivity contribution in [1.29, 1.82) is 0 Å². The van der Waals surface area contributed by atoms with Crippen LogP contribution < -0.4 is 0 Å². The van der Waals surface area contributed by atoms with Crippen molar-refractivity contribution in [3.63, 3.8) is 0 Å². The van der Waals surface area contributed by atoms with Crippen LogP contribution in [0.5, 0.6) is 0 Å². The monoisotopic (exact) mass is 242 g/mol. The second kappa shape index (κ2) is 7.74. The summed E-state index contributed by atoms with van der Waals surface area (Å²) < 4.78 is 0. The zero-order valence-electron chi connectivity index (χ0n) is 10.7. The quantitative estimate of drug-likeness (QED) is 0.621. The zero-order chi connectivity index (χ0) is 11.8. The average molecular weight is 242 g/mol. The molecule has 0 fully saturated rings. The first-order valence-corrected chi connectivity index (χ1v) is 6.68. The van der Waals surface area contributed by atoms with Gasteiger partial charge in [-0.1, -0.05) is 0 Å². The summed E-state index contributed by atoms with van der Waals surface area (Å²) in [5, 5.41) is 0. The van der Waals surface area contributed by atoms with Gasteiger partial charge in [-0.25, -0.2) is 0 Å². The first-order chi connectivity index (χ1) is 6.91. The molecule has 0 rings (SSSR count). The van der Waals surface area contributed by atoms with Crippen LogP contribution in [0.15, 0.2) is 44.3 Å². The van der Waals surface area contributed by atoms with Gasteiger partial charge in [-0.05, 0) is 0 Å². The Morgan fingerprint density at radius 3 is 1.27 bits per heavy atom. The first kappa shape index (κ1) is 14.5. The summed E-state index contributed by atoms with van der Waals surface area (Å²) in [6, 6.07) is 0. The van der Waals surface area contributed by atoms with E-state index < -0.39 is 0 Å². The minimum atomic E-state index is 0.478. The molecule has 0 spiro atoms. The summed E-state index contributed by atoms with van der Waals surface area (Å²) in [6.45, 7) is 12.9. The molecule has 0 aromatic rings. The third-order valence-electron chi connectivity index (χ3n) is 1.54. The van der Waals surface area contributed by atoms with Gasteiger partial charge in [0.25, 0.3) is 0 Å². The van der Waals surface area contributed by atoms with Gasteiger partial charge in [0.05, 0.1) is 0 Å². The van der Waals surface area contributed by atoms with Crippen molar-refractivity contribution in [3.8, 4) is 0 Å². The molecule has 0 nitrogen and oxygen atoms in total. The molecule has 0 aliphatic rings. The van der Waals surface area contributed by atoms with E-state index in [4.69, 9.17) is 0 Å².